The third-order valence-electron chi connectivity index (χ3n) is 3.05. The summed E-state index contributed by atoms with van der Waals surface area (Å²) < 4.78 is 10.2. The molecule has 1 N–H and O–H groups in total. The monoisotopic (exact) mass is 309 g/mol. The van der Waals surface area contributed by atoms with Crippen LogP contribution in [0.4, 0.5) is 0 Å². The van der Waals surface area contributed by atoms with E-state index < -0.39 is 5.91 Å². The fourth-order valence-electron chi connectivity index (χ4n) is 1.86. The van der Waals surface area contributed by atoms with Gasteiger partial charge in [-0.3, -0.25) is 4.79 Å². The molecule has 0 aliphatic carbocycles. The fraction of sp³-hybridized carbons (Fsp3) is 0.118. The van der Waals surface area contributed by atoms with Gasteiger partial charge < -0.3 is 9.47 Å². The zero-order valence-electron chi connectivity index (χ0n) is 12.7. The van der Waals surface area contributed by atoms with Gasteiger partial charge in [0.05, 0.1) is 14.2 Å². The first-order valence-corrected chi connectivity index (χ1v) is 6.74. The summed E-state index contributed by atoms with van der Waals surface area (Å²) in [4.78, 5) is 12.1. The lowest BCUT2D eigenvalue weighted by molar-refractivity contribution is 0.0954. The molecule has 0 aliphatic rings. The highest BCUT2D eigenvalue weighted by molar-refractivity contribution is 6.12. The van der Waals surface area contributed by atoms with E-state index in [0.717, 1.165) is 0 Å². The molecule has 0 bridgehead atoms. The SMILES string of the molecule is COc1cccc(C(=O)N/N=C(/C#N)c2cccc(OC)c2)c1. The van der Waals surface area contributed by atoms with Crippen LogP contribution in [-0.2, 0) is 0 Å². The normalized spacial score (nSPS) is 10.6. The summed E-state index contributed by atoms with van der Waals surface area (Å²) in [6.07, 6.45) is 0. The number of amides is 1. The van der Waals surface area contributed by atoms with E-state index in [1.807, 2.05) is 6.07 Å². The number of methoxy groups -OCH3 is 2. The molecule has 0 aromatic heterocycles. The number of hydrogen-bond donors (Lipinski definition) is 1. The molecule has 0 spiro atoms. The smallest absolute Gasteiger partial charge is 0.271 e. The number of benzene rings is 2. The second-order valence-electron chi connectivity index (χ2n) is 4.48. The number of nitrogens with zero attached hydrogens (tertiary/aromatic N) is 2. The third-order valence-corrected chi connectivity index (χ3v) is 3.05. The summed E-state index contributed by atoms with van der Waals surface area (Å²) in [6, 6.07) is 15.5. The number of ether oxygens (including phenoxy) is 2. The predicted molar refractivity (Wildman–Crippen MR) is 85.6 cm³/mol. The van der Waals surface area contributed by atoms with E-state index in [1.165, 1.54) is 14.2 Å². The van der Waals surface area contributed by atoms with Gasteiger partial charge in [-0.15, -0.1) is 0 Å². The zero-order chi connectivity index (χ0) is 16.7. The van der Waals surface area contributed by atoms with E-state index >= 15 is 0 Å². The lowest BCUT2D eigenvalue weighted by Crippen LogP contribution is -2.19. The van der Waals surface area contributed by atoms with Crippen LogP contribution in [0, 0.1) is 11.3 Å². The van der Waals surface area contributed by atoms with E-state index in [1.54, 1.807) is 48.5 Å². The molecular formula is C17H15N3O3. The molecule has 2 aromatic rings. The van der Waals surface area contributed by atoms with Gasteiger partial charge in [0.1, 0.15) is 17.6 Å². The van der Waals surface area contributed by atoms with Crippen LogP contribution in [0.5, 0.6) is 11.5 Å². The van der Waals surface area contributed by atoms with Gasteiger partial charge in [-0.2, -0.15) is 10.4 Å². The van der Waals surface area contributed by atoms with Crippen molar-refractivity contribution in [3.8, 4) is 17.6 Å². The average molecular weight is 309 g/mol. The molecular weight excluding hydrogens is 294 g/mol. The largest absolute Gasteiger partial charge is 0.497 e. The number of nitriles is 1. The molecule has 0 saturated carbocycles. The standard InChI is InChI=1S/C17H15N3O3/c1-22-14-7-3-5-12(9-14)16(11-18)19-20-17(21)13-6-4-8-15(10-13)23-2/h3-10H,1-2H3,(H,20,21)/b19-16-. The molecule has 0 atom stereocenters. The first-order chi connectivity index (χ1) is 11.2. The molecule has 0 aliphatic heterocycles. The van der Waals surface area contributed by atoms with Gasteiger partial charge in [-0.05, 0) is 30.3 Å². The Morgan fingerprint density at radius 2 is 1.61 bits per heavy atom. The summed E-state index contributed by atoms with van der Waals surface area (Å²) in [6.45, 7) is 0. The van der Waals surface area contributed by atoms with E-state index in [9.17, 15) is 10.1 Å². The summed E-state index contributed by atoms with van der Waals surface area (Å²) in [5, 5.41) is 13.1. The molecule has 1 amide bonds. The van der Waals surface area contributed by atoms with Crippen molar-refractivity contribution in [2.45, 2.75) is 0 Å². The Morgan fingerprint density at radius 1 is 1.04 bits per heavy atom. The molecule has 0 unspecified atom stereocenters. The van der Waals surface area contributed by atoms with Crippen LogP contribution < -0.4 is 14.9 Å². The molecule has 116 valence electrons. The van der Waals surface area contributed by atoms with Gasteiger partial charge in [0, 0.05) is 11.1 Å². The molecule has 6 heteroatoms. The molecule has 0 radical (unpaired) electrons. The zero-order valence-corrected chi connectivity index (χ0v) is 12.7. The average Bonchev–Trinajstić information content (AvgIpc) is 2.62. The Morgan fingerprint density at radius 3 is 2.17 bits per heavy atom. The van der Waals surface area contributed by atoms with Crippen LogP contribution in [0.15, 0.2) is 53.6 Å². The molecule has 0 saturated heterocycles. The summed E-state index contributed by atoms with van der Waals surface area (Å²) in [5.74, 6) is 0.735. The van der Waals surface area contributed by atoms with Crippen LogP contribution in [0.2, 0.25) is 0 Å². The molecule has 2 rings (SSSR count). The minimum atomic E-state index is -0.431. The summed E-state index contributed by atoms with van der Waals surface area (Å²) >= 11 is 0. The molecule has 23 heavy (non-hydrogen) atoms. The van der Waals surface area contributed by atoms with Crippen LogP contribution in [0.25, 0.3) is 0 Å². The van der Waals surface area contributed by atoms with Crippen molar-refractivity contribution in [1.82, 2.24) is 5.43 Å². The van der Waals surface area contributed by atoms with E-state index in [2.05, 4.69) is 10.5 Å². The second kappa shape index (κ2) is 7.61. The van der Waals surface area contributed by atoms with Gasteiger partial charge in [-0.1, -0.05) is 18.2 Å². The highest BCUT2D eigenvalue weighted by atomic mass is 16.5. The predicted octanol–water partition coefficient (Wildman–Crippen LogP) is 2.36. The quantitative estimate of drug-likeness (QED) is 0.679. The first kappa shape index (κ1) is 16.0. The van der Waals surface area contributed by atoms with Gasteiger partial charge in [-0.25, -0.2) is 5.43 Å². The Bertz CT molecular complexity index is 779. The van der Waals surface area contributed by atoms with Crippen molar-refractivity contribution < 1.29 is 14.3 Å². The van der Waals surface area contributed by atoms with Crippen LogP contribution in [-0.4, -0.2) is 25.8 Å². The highest BCUT2D eigenvalue weighted by Gasteiger charge is 2.08. The van der Waals surface area contributed by atoms with Crippen LogP contribution >= 0.6 is 0 Å². The van der Waals surface area contributed by atoms with E-state index in [-0.39, 0.29) is 5.71 Å². The molecule has 0 heterocycles. The minimum absolute atomic E-state index is 0.0835. The topological polar surface area (TPSA) is 83.7 Å². The van der Waals surface area contributed by atoms with Crippen LogP contribution in [0.3, 0.4) is 0 Å². The maximum Gasteiger partial charge on any atom is 0.271 e. The first-order valence-electron chi connectivity index (χ1n) is 6.74. The van der Waals surface area contributed by atoms with Gasteiger partial charge in [0.25, 0.3) is 5.91 Å². The van der Waals surface area contributed by atoms with Crippen molar-refractivity contribution in [1.29, 1.82) is 5.26 Å². The van der Waals surface area contributed by atoms with Crippen molar-refractivity contribution >= 4 is 11.6 Å². The van der Waals surface area contributed by atoms with E-state index in [0.29, 0.717) is 22.6 Å². The summed E-state index contributed by atoms with van der Waals surface area (Å²) in [7, 11) is 3.05. The van der Waals surface area contributed by atoms with Crippen molar-refractivity contribution in [2.75, 3.05) is 14.2 Å². The number of hydrogen-bond acceptors (Lipinski definition) is 5. The second-order valence-corrected chi connectivity index (χ2v) is 4.48. The lowest BCUT2D eigenvalue weighted by atomic mass is 10.1. The van der Waals surface area contributed by atoms with Crippen LogP contribution in [0.1, 0.15) is 15.9 Å². The van der Waals surface area contributed by atoms with Gasteiger partial charge >= 0.3 is 0 Å². The number of hydrazone groups is 1. The molecule has 6 nitrogen and oxygen atoms in total. The van der Waals surface area contributed by atoms with Crippen molar-refractivity contribution in [3.05, 3.63) is 59.7 Å². The lowest BCUT2D eigenvalue weighted by Gasteiger charge is -2.05. The maximum absolute atomic E-state index is 12.1. The third kappa shape index (κ3) is 4.08. The fourth-order valence-corrected chi connectivity index (χ4v) is 1.86. The minimum Gasteiger partial charge on any atom is -0.497 e. The van der Waals surface area contributed by atoms with Gasteiger partial charge in [0.2, 0.25) is 0 Å². The number of carbonyl (C=O) groups excluding carboxylic acids is 1. The number of carbonyl (C=O) groups is 1. The van der Waals surface area contributed by atoms with Gasteiger partial charge in [0.15, 0.2) is 5.71 Å². The Kier molecular flexibility index (Phi) is 5.31. The van der Waals surface area contributed by atoms with E-state index in [4.69, 9.17) is 9.47 Å². The number of nitrogens with one attached hydrogen (secondary N) is 1. The molecule has 2 aromatic carbocycles. The Hall–Kier alpha value is -3.33. The number of rotatable bonds is 5. The summed E-state index contributed by atoms with van der Waals surface area (Å²) in [5.41, 5.74) is 3.39. The van der Waals surface area contributed by atoms with Crippen molar-refractivity contribution in [3.63, 3.8) is 0 Å². The highest BCUT2D eigenvalue weighted by Crippen LogP contribution is 2.14. The Balaban J connectivity index is 2.18. The molecule has 0 fully saturated rings. The Labute approximate surface area is 134 Å². The van der Waals surface area contributed by atoms with Crippen molar-refractivity contribution in [2.24, 2.45) is 5.10 Å². The maximum atomic E-state index is 12.1.